The summed E-state index contributed by atoms with van der Waals surface area (Å²) in [5.74, 6) is 1.05. The number of rotatable bonds is 6. The first kappa shape index (κ1) is 17.8. The number of anilines is 1. The summed E-state index contributed by atoms with van der Waals surface area (Å²) in [7, 11) is 0. The minimum absolute atomic E-state index is 0.271. The molecule has 3 saturated carbocycles. The molecule has 25 heavy (non-hydrogen) atoms. The minimum Gasteiger partial charge on any atom is -0.480 e. The average molecular weight is 349 g/mol. The first-order valence-electron chi connectivity index (χ1n) is 8.97. The smallest absolute Gasteiger partial charge is 0.325 e. The van der Waals surface area contributed by atoms with Crippen LogP contribution in [0, 0.1) is 23.2 Å². The zero-order valence-electron chi connectivity index (χ0n) is 15.3. The van der Waals surface area contributed by atoms with Crippen molar-refractivity contribution in [1.82, 2.24) is 9.78 Å². The summed E-state index contributed by atoms with van der Waals surface area (Å²) in [6.07, 6.45) is 2.34. The Hall–Kier alpha value is -2.05. The lowest BCUT2D eigenvalue weighted by Crippen LogP contribution is -2.58. The van der Waals surface area contributed by atoms with Crippen LogP contribution in [0.5, 0.6) is 5.88 Å². The standard InChI is InChI=1S/C18H27N3O4/c1-5-25-17-14(8-15(22)21(20-17)9-16(23)24)19-13-7-11-6-12(10(13)2)18(11,3)4/h8,10-13,19H,5-7,9H2,1-4H3,(H,23,24)/t10-,11-,12+,13-/m1/s1. The predicted octanol–water partition coefficient (Wildman–Crippen LogP) is 2.21. The van der Waals surface area contributed by atoms with Gasteiger partial charge in [0.1, 0.15) is 12.2 Å². The van der Waals surface area contributed by atoms with Crippen molar-refractivity contribution in [3.63, 3.8) is 0 Å². The first-order chi connectivity index (χ1) is 11.7. The second kappa shape index (κ2) is 6.35. The van der Waals surface area contributed by atoms with Crippen molar-refractivity contribution in [2.75, 3.05) is 11.9 Å². The maximum Gasteiger partial charge on any atom is 0.325 e. The molecule has 3 aliphatic carbocycles. The number of fused-ring (bicyclic) bond motifs is 2. The van der Waals surface area contributed by atoms with Gasteiger partial charge < -0.3 is 15.2 Å². The Balaban J connectivity index is 1.83. The fraction of sp³-hybridized carbons (Fsp3) is 0.722. The molecular weight excluding hydrogens is 322 g/mol. The van der Waals surface area contributed by atoms with Gasteiger partial charge in [-0.3, -0.25) is 9.59 Å². The van der Waals surface area contributed by atoms with E-state index in [-0.39, 0.29) is 11.9 Å². The Labute approximate surface area is 147 Å². The molecule has 0 saturated heterocycles. The van der Waals surface area contributed by atoms with Crippen LogP contribution >= 0.6 is 0 Å². The van der Waals surface area contributed by atoms with E-state index >= 15 is 0 Å². The molecular formula is C18H27N3O4. The molecule has 7 heteroatoms. The topological polar surface area (TPSA) is 93.5 Å². The number of aromatic nitrogens is 2. The molecule has 4 atom stereocenters. The summed E-state index contributed by atoms with van der Waals surface area (Å²) in [5, 5.41) is 16.5. The van der Waals surface area contributed by atoms with Gasteiger partial charge in [0.2, 0.25) is 0 Å². The molecule has 1 heterocycles. The van der Waals surface area contributed by atoms with E-state index in [1.807, 2.05) is 6.92 Å². The number of carboxylic acids is 1. The van der Waals surface area contributed by atoms with Crippen LogP contribution in [0.2, 0.25) is 0 Å². The van der Waals surface area contributed by atoms with Gasteiger partial charge in [0.25, 0.3) is 11.4 Å². The van der Waals surface area contributed by atoms with Crippen LogP contribution in [0.25, 0.3) is 0 Å². The highest BCUT2D eigenvalue weighted by atomic mass is 16.5. The second-order valence-electron chi connectivity index (χ2n) is 7.89. The Morgan fingerprint density at radius 2 is 2.20 bits per heavy atom. The maximum absolute atomic E-state index is 12.2. The monoisotopic (exact) mass is 349 g/mol. The fourth-order valence-electron chi connectivity index (χ4n) is 4.60. The number of hydrogen-bond acceptors (Lipinski definition) is 5. The summed E-state index contributed by atoms with van der Waals surface area (Å²) in [6, 6.07) is 1.67. The Morgan fingerprint density at radius 1 is 1.48 bits per heavy atom. The number of nitrogens with one attached hydrogen (secondary N) is 1. The molecule has 0 radical (unpaired) electrons. The summed E-state index contributed by atoms with van der Waals surface area (Å²) in [5.41, 5.74) is 0.510. The predicted molar refractivity (Wildman–Crippen MR) is 93.9 cm³/mol. The largest absolute Gasteiger partial charge is 0.480 e. The highest BCUT2D eigenvalue weighted by Gasteiger charge is 2.56. The molecule has 0 aromatic carbocycles. The lowest BCUT2D eigenvalue weighted by atomic mass is 9.45. The van der Waals surface area contributed by atoms with E-state index in [9.17, 15) is 9.59 Å². The molecule has 1 aromatic heterocycles. The molecule has 7 nitrogen and oxygen atoms in total. The highest BCUT2D eigenvalue weighted by molar-refractivity contribution is 5.66. The van der Waals surface area contributed by atoms with E-state index < -0.39 is 18.1 Å². The van der Waals surface area contributed by atoms with Crippen molar-refractivity contribution >= 4 is 11.7 Å². The first-order valence-corrected chi connectivity index (χ1v) is 8.97. The third kappa shape index (κ3) is 3.12. The van der Waals surface area contributed by atoms with Gasteiger partial charge >= 0.3 is 5.97 Å². The van der Waals surface area contributed by atoms with Crippen molar-refractivity contribution in [2.24, 2.45) is 23.2 Å². The summed E-state index contributed by atoms with van der Waals surface area (Å²) >= 11 is 0. The zero-order valence-corrected chi connectivity index (χ0v) is 15.3. The minimum atomic E-state index is -1.11. The van der Waals surface area contributed by atoms with Crippen molar-refractivity contribution in [1.29, 1.82) is 0 Å². The van der Waals surface area contributed by atoms with Crippen molar-refractivity contribution in [2.45, 2.75) is 53.1 Å². The van der Waals surface area contributed by atoms with Crippen molar-refractivity contribution in [3.05, 3.63) is 16.4 Å². The van der Waals surface area contributed by atoms with Crippen LogP contribution in [-0.2, 0) is 11.3 Å². The van der Waals surface area contributed by atoms with E-state index in [2.05, 4.69) is 31.2 Å². The molecule has 0 amide bonds. The third-order valence-corrected chi connectivity index (χ3v) is 6.23. The van der Waals surface area contributed by atoms with E-state index in [4.69, 9.17) is 9.84 Å². The van der Waals surface area contributed by atoms with Crippen LogP contribution in [0.4, 0.5) is 5.69 Å². The van der Waals surface area contributed by atoms with Crippen molar-refractivity contribution in [3.8, 4) is 5.88 Å². The number of carboxylic acid groups (broad SMARTS) is 1. The van der Waals surface area contributed by atoms with E-state index in [1.165, 1.54) is 12.5 Å². The zero-order chi connectivity index (χ0) is 18.4. The molecule has 138 valence electrons. The van der Waals surface area contributed by atoms with Gasteiger partial charge in [-0.25, -0.2) is 4.68 Å². The second-order valence-corrected chi connectivity index (χ2v) is 7.89. The van der Waals surface area contributed by atoms with Crippen LogP contribution in [0.15, 0.2) is 10.9 Å². The lowest BCUT2D eigenvalue weighted by molar-refractivity contribution is -0.138. The number of ether oxygens (including phenoxy) is 1. The number of carbonyl (C=O) groups is 1. The number of aliphatic carboxylic acids is 1. The van der Waals surface area contributed by atoms with Gasteiger partial charge in [0, 0.05) is 12.1 Å². The molecule has 3 aliphatic rings. The molecule has 0 unspecified atom stereocenters. The molecule has 3 fully saturated rings. The van der Waals surface area contributed by atoms with Crippen LogP contribution in [-0.4, -0.2) is 33.5 Å². The number of nitrogens with zero attached hydrogens (tertiary/aromatic N) is 2. The highest BCUT2D eigenvalue weighted by Crippen LogP contribution is 2.61. The van der Waals surface area contributed by atoms with E-state index in [1.54, 1.807) is 0 Å². The van der Waals surface area contributed by atoms with Gasteiger partial charge in [0.15, 0.2) is 0 Å². The molecule has 1 aromatic rings. The van der Waals surface area contributed by atoms with E-state index in [0.717, 1.165) is 11.1 Å². The van der Waals surface area contributed by atoms with Gasteiger partial charge in [-0.2, -0.15) is 0 Å². The van der Waals surface area contributed by atoms with Gasteiger partial charge in [-0.15, -0.1) is 5.10 Å². The molecule has 0 aliphatic heterocycles. The molecule has 2 N–H and O–H groups in total. The molecule has 4 rings (SSSR count). The number of hydrogen-bond donors (Lipinski definition) is 2. The summed E-state index contributed by atoms with van der Waals surface area (Å²) in [6.45, 7) is 8.71. The van der Waals surface area contributed by atoms with Gasteiger partial charge in [0.05, 0.1) is 6.61 Å². The normalized spacial score (nSPS) is 29.6. The van der Waals surface area contributed by atoms with Crippen LogP contribution in [0.1, 0.15) is 40.5 Å². The quantitative estimate of drug-likeness (QED) is 0.818. The van der Waals surface area contributed by atoms with Crippen molar-refractivity contribution < 1.29 is 14.6 Å². The Morgan fingerprint density at radius 3 is 2.76 bits per heavy atom. The summed E-state index contributed by atoms with van der Waals surface area (Å²) in [4.78, 5) is 23.1. The summed E-state index contributed by atoms with van der Waals surface area (Å²) < 4.78 is 6.46. The SMILES string of the molecule is CCOc1nn(CC(=O)O)c(=O)cc1N[C@@H]1C[C@H]2C[C@@H]([C@H]1C)C2(C)C. The van der Waals surface area contributed by atoms with Gasteiger partial charge in [-0.05, 0) is 42.9 Å². The third-order valence-electron chi connectivity index (χ3n) is 6.23. The average Bonchev–Trinajstić information content (AvgIpc) is 2.52. The maximum atomic E-state index is 12.2. The lowest BCUT2D eigenvalue weighted by Gasteiger charge is -2.62. The Kier molecular flexibility index (Phi) is 4.51. The molecule has 0 spiro atoms. The molecule has 2 bridgehead atoms. The fourth-order valence-corrected chi connectivity index (χ4v) is 4.60. The van der Waals surface area contributed by atoms with Crippen LogP contribution in [0.3, 0.4) is 0 Å². The Bertz CT molecular complexity index is 728. The van der Waals surface area contributed by atoms with Gasteiger partial charge in [-0.1, -0.05) is 20.8 Å². The van der Waals surface area contributed by atoms with E-state index in [0.29, 0.717) is 35.5 Å². The van der Waals surface area contributed by atoms with Crippen LogP contribution < -0.4 is 15.6 Å².